The fraction of sp³-hybridized carbons (Fsp3) is 0.724. The molecule has 0 saturated carbocycles. The van der Waals surface area contributed by atoms with Crippen LogP contribution in [0.1, 0.15) is 59.3 Å². The average molecular weight is 685 g/mol. The van der Waals surface area contributed by atoms with Crippen molar-refractivity contribution in [2.45, 2.75) is 102 Å². The van der Waals surface area contributed by atoms with E-state index in [1.165, 1.54) is 16.7 Å². The van der Waals surface area contributed by atoms with E-state index in [2.05, 4.69) is 21.3 Å². The van der Waals surface area contributed by atoms with Crippen molar-refractivity contribution in [3.05, 3.63) is 0 Å². The second kappa shape index (κ2) is 18.3. The van der Waals surface area contributed by atoms with Crippen molar-refractivity contribution in [3.8, 4) is 0 Å². The molecule has 0 aromatic heterocycles. The number of aliphatic hydroxyl groups excluding tert-OH is 2. The van der Waals surface area contributed by atoms with Gasteiger partial charge in [-0.05, 0) is 38.5 Å². The standard InChI is InChI=1S/C29H48N8O11/c1-4-14(2)22(26(44)33-17(29(47)48)11-20(31)40)34-21(41)12-32-25(43)23(15(3)39)35-24(42)18-7-5-9-36(18)28(46)19-8-6-10-37(19)27(45)16(30)13-38/h14-19,22-23,38-39H,4-13,30H2,1-3H3,(H2,31,40)(H,32,43)(H,33,44)(H,34,41)(H,35,42)(H,47,48)/t14-,15+,16-,17-,18-,19-,22-,23-/m0/s1. The molecule has 19 heteroatoms. The first-order valence-electron chi connectivity index (χ1n) is 15.9. The Morgan fingerprint density at radius 3 is 2.02 bits per heavy atom. The van der Waals surface area contributed by atoms with Crippen molar-refractivity contribution < 1.29 is 53.7 Å². The summed E-state index contributed by atoms with van der Waals surface area (Å²) in [7, 11) is 0. The largest absolute Gasteiger partial charge is 0.480 e. The molecule has 0 spiro atoms. The number of aliphatic hydroxyl groups is 2. The van der Waals surface area contributed by atoms with E-state index in [1.54, 1.807) is 13.8 Å². The fourth-order valence-electron chi connectivity index (χ4n) is 5.59. The van der Waals surface area contributed by atoms with Gasteiger partial charge in [0.1, 0.15) is 36.3 Å². The molecule has 0 bridgehead atoms. The number of likely N-dealkylation sites (tertiary alicyclic amines) is 2. The summed E-state index contributed by atoms with van der Waals surface area (Å²) in [5.41, 5.74) is 10.7. The van der Waals surface area contributed by atoms with E-state index in [0.717, 1.165) is 0 Å². The van der Waals surface area contributed by atoms with E-state index in [4.69, 9.17) is 11.5 Å². The van der Waals surface area contributed by atoms with Gasteiger partial charge in [-0.15, -0.1) is 0 Å². The summed E-state index contributed by atoms with van der Waals surface area (Å²) in [5, 5.41) is 38.2. The van der Waals surface area contributed by atoms with Gasteiger partial charge in [0.2, 0.25) is 41.4 Å². The van der Waals surface area contributed by atoms with Gasteiger partial charge in [-0.1, -0.05) is 20.3 Å². The molecule has 0 aromatic carbocycles. The van der Waals surface area contributed by atoms with Crippen LogP contribution in [0.3, 0.4) is 0 Å². The molecule has 8 atom stereocenters. The van der Waals surface area contributed by atoms with Crippen LogP contribution in [-0.2, 0) is 38.4 Å². The summed E-state index contributed by atoms with van der Waals surface area (Å²) in [4.78, 5) is 103. The molecule has 2 aliphatic heterocycles. The first-order valence-corrected chi connectivity index (χ1v) is 15.9. The minimum absolute atomic E-state index is 0.216. The molecule has 2 rings (SSSR count). The zero-order valence-corrected chi connectivity index (χ0v) is 27.3. The highest BCUT2D eigenvalue weighted by Gasteiger charge is 2.43. The summed E-state index contributed by atoms with van der Waals surface area (Å²) in [6.45, 7) is 3.80. The molecule has 270 valence electrons. The Morgan fingerprint density at radius 2 is 1.48 bits per heavy atom. The van der Waals surface area contributed by atoms with Crippen LogP contribution in [0.2, 0.25) is 0 Å². The molecule has 0 aromatic rings. The summed E-state index contributed by atoms with van der Waals surface area (Å²) in [5.74, 6) is -7.39. The van der Waals surface area contributed by atoms with Crippen molar-refractivity contribution in [3.63, 3.8) is 0 Å². The maximum absolute atomic E-state index is 13.5. The highest BCUT2D eigenvalue weighted by Crippen LogP contribution is 2.25. The number of carboxylic acids is 1. The second-order valence-electron chi connectivity index (χ2n) is 12.1. The number of amides is 7. The van der Waals surface area contributed by atoms with Crippen molar-refractivity contribution in [1.29, 1.82) is 0 Å². The molecule has 2 heterocycles. The van der Waals surface area contributed by atoms with Crippen LogP contribution >= 0.6 is 0 Å². The van der Waals surface area contributed by atoms with E-state index in [0.29, 0.717) is 25.7 Å². The number of carboxylic acid groups (broad SMARTS) is 1. The Morgan fingerprint density at radius 1 is 0.875 bits per heavy atom. The molecule has 2 fully saturated rings. The molecule has 2 aliphatic rings. The third kappa shape index (κ3) is 10.6. The highest BCUT2D eigenvalue weighted by atomic mass is 16.4. The predicted octanol–water partition coefficient (Wildman–Crippen LogP) is -4.75. The normalized spacial score (nSPS) is 21.2. The molecule has 0 unspecified atom stereocenters. The van der Waals surface area contributed by atoms with Crippen molar-refractivity contribution in [1.82, 2.24) is 31.1 Å². The minimum atomic E-state index is -1.62. The predicted molar refractivity (Wildman–Crippen MR) is 166 cm³/mol. The number of nitrogens with zero attached hydrogens (tertiary/aromatic N) is 2. The average Bonchev–Trinajstić information content (AvgIpc) is 3.73. The zero-order valence-electron chi connectivity index (χ0n) is 27.3. The minimum Gasteiger partial charge on any atom is -0.480 e. The van der Waals surface area contributed by atoms with Crippen molar-refractivity contribution >= 4 is 47.3 Å². The Bertz CT molecular complexity index is 1230. The number of nitrogens with two attached hydrogens (primary N) is 2. The zero-order chi connectivity index (χ0) is 36.3. The van der Waals surface area contributed by atoms with Crippen LogP contribution < -0.4 is 32.7 Å². The number of nitrogens with one attached hydrogen (secondary N) is 4. The first-order chi connectivity index (χ1) is 22.5. The van der Waals surface area contributed by atoms with Gasteiger partial charge < -0.3 is 57.9 Å². The Balaban J connectivity index is 2.04. The number of carbonyl (C=O) groups excluding carboxylic acids is 7. The lowest BCUT2D eigenvalue weighted by Crippen LogP contribution is -2.59. The number of hydrogen-bond donors (Lipinski definition) is 9. The maximum atomic E-state index is 13.5. The lowest BCUT2D eigenvalue weighted by Gasteiger charge is -2.32. The van der Waals surface area contributed by atoms with E-state index in [-0.39, 0.29) is 19.5 Å². The van der Waals surface area contributed by atoms with Crippen LogP contribution in [0.25, 0.3) is 0 Å². The van der Waals surface area contributed by atoms with Gasteiger partial charge in [-0.3, -0.25) is 33.6 Å². The van der Waals surface area contributed by atoms with Crippen molar-refractivity contribution in [2.75, 3.05) is 26.2 Å². The number of aliphatic carboxylic acids is 1. The van der Waals surface area contributed by atoms with Crippen LogP contribution in [0.4, 0.5) is 0 Å². The molecule has 2 saturated heterocycles. The maximum Gasteiger partial charge on any atom is 0.326 e. The highest BCUT2D eigenvalue weighted by molar-refractivity contribution is 5.97. The van der Waals surface area contributed by atoms with Crippen LogP contribution in [0, 0.1) is 5.92 Å². The Labute approximate surface area is 277 Å². The Hall–Kier alpha value is -4.36. The molecular weight excluding hydrogens is 636 g/mol. The third-order valence-corrected chi connectivity index (χ3v) is 8.49. The summed E-state index contributed by atoms with van der Waals surface area (Å²) >= 11 is 0. The molecule has 0 radical (unpaired) electrons. The van der Waals surface area contributed by atoms with Gasteiger partial charge in [0.05, 0.1) is 25.7 Å². The monoisotopic (exact) mass is 684 g/mol. The smallest absolute Gasteiger partial charge is 0.326 e. The quantitative estimate of drug-likeness (QED) is 0.0698. The number of rotatable bonds is 17. The third-order valence-electron chi connectivity index (χ3n) is 8.49. The van der Waals surface area contributed by atoms with Gasteiger partial charge in [-0.2, -0.15) is 0 Å². The van der Waals surface area contributed by atoms with E-state index in [1.807, 2.05) is 0 Å². The van der Waals surface area contributed by atoms with Gasteiger partial charge in [0, 0.05) is 13.1 Å². The van der Waals surface area contributed by atoms with E-state index in [9.17, 15) is 53.7 Å². The Kier molecular flexibility index (Phi) is 15.1. The lowest BCUT2D eigenvalue weighted by molar-refractivity contribution is -0.147. The van der Waals surface area contributed by atoms with Crippen LogP contribution in [0.5, 0.6) is 0 Å². The van der Waals surface area contributed by atoms with Crippen molar-refractivity contribution in [2.24, 2.45) is 17.4 Å². The number of primary amides is 1. The molecule has 48 heavy (non-hydrogen) atoms. The van der Waals surface area contributed by atoms with Gasteiger partial charge >= 0.3 is 5.97 Å². The summed E-state index contributed by atoms with van der Waals surface area (Å²) in [6, 6.07) is -7.44. The first kappa shape index (κ1) is 39.8. The van der Waals surface area contributed by atoms with Gasteiger partial charge in [0.15, 0.2) is 0 Å². The summed E-state index contributed by atoms with van der Waals surface area (Å²) < 4.78 is 0. The second-order valence-corrected chi connectivity index (χ2v) is 12.1. The van der Waals surface area contributed by atoms with E-state index < -0.39 is 115 Å². The lowest BCUT2D eigenvalue weighted by atomic mass is 9.97. The number of hydrogen-bond acceptors (Lipinski definition) is 11. The molecular formula is C29H48N8O11. The van der Waals surface area contributed by atoms with Gasteiger partial charge in [0.25, 0.3) is 0 Å². The van der Waals surface area contributed by atoms with Crippen LogP contribution in [-0.4, -0.2) is 141 Å². The molecule has 19 nitrogen and oxygen atoms in total. The van der Waals surface area contributed by atoms with E-state index >= 15 is 0 Å². The molecule has 0 aliphatic carbocycles. The topological polar surface area (TPSA) is 304 Å². The van der Waals surface area contributed by atoms with Crippen LogP contribution in [0.15, 0.2) is 0 Å². The molecule has 7 amide bonds. The SMILES string of the molecule is CC[C@H](C)[C@H](NC(=O)CNC(=O)[C@@H](NC(=O)[C@@H]1CCCN1C(=O)[C@@H]1CCCN1C(=O)[C@@H](N)CO)[C@@H](C)O)C(=O)N[C@@H](CC(N)=O)C(=O)O. The number of carbonyl (C=O) groups is 8. The summed E-state index contributed by atoms with van der Waals surface area (Å²) in [6.07, 6.45) is -0.109. The fourth-order valence-corrected chi connectivity index (χ4v) is 5.59. The van der Waals surface area contributed by atoms with Gasteiger partial charge in [-0.25, -0.2) is 4.79 Å². The molecule has 11 N–H and O–H groups in total.